The van der Waals surface area contributed by atoms with Crippen LogP contribution < -0.4 is 28.7 Å². The molecular weight excluding hydrogens is 478 g/mol. The molecule has 200 valence electrons. The zero-order valence-electron chi connectivity index (χ0n) is 19.4. The van der Waals surface area contributed by atoms with Crippen LogP contribution in [-0.4, -0.2) is 79.9 Å². The van der Waals surface area contributed by atoms with E-state index in [1.54, 1.807) is 0 Å². The number of carbonyl (C=O) groups is 4. The average Bonchev–Trinajstić information content (AvgIpc) is 3.19. The van der Waals surface area contributed by atoms with Crippen molar-refractivity contribution in [3.63, 3.8) is 0 Å². The van der Waals surface area contributed by atoms with Crippen LogP contribution in [0.15, 0.2) is 35.5 Å². The van der Waals surface area contributed by atoms with E-state index in [0.717, 1.165) is 16.5 Å². The highest BCUT2D eigenvalue weighted by Crippen LogP contribution is 2.18. The minimum Gasteiger partial charge on any atom is -0.481 e. The predicted molar refractivity (Wildman–Crippen MR) is 131 cm³/mol. The first kappa shape index (κ1) is 31.8. The molecule has 0 saturated carbocycles. The fraction of sp³-hybridized carbons (Fsp3) is 0.381. The van der Waals surface area contributed by atoms with Crippen LogP contribution in [0.4, 0.5) is 0 Å². The molecule has 3 unspecified atom stereocenters. The van der Waals surface area contributed by atoms with Crippen LogP contribution in [0.25, 0.3) is 10.9 Å². The van der Waals surface area contributed by atoms with E-state index in [1.165, 1.54) is 0 Å². The third kappa shape index (κ3) is 13.5. The maximum atomic E-state index is 10.6. The number of aliphatic imine (C=N–C) groups is 1. The van der Waals surface area contributed by atoms with Gasteiger partial charge in [0.05, 0.1) is 6.42 Å². The van der Waals surface area contributed by atoms with Gasteiger partial charge in [-0.25, -0.2) is 0 Å². The molecule has 1 aromatic carbocycles. The van der Waals surface area contributed by atoms with Crippen LogP contribution in [-0.2, 0) is 25.6 Å². The van der Waals surface area contributed by atoms with Gasteiger partial charge in [0.25, 0.3) is 0 Å². The molecule has 15 nitrogen and oxygen atoms in total. The molecule has 3 atom stereocenters. The highest BCUT2D eigenvalue weighted by molar-refractivity contribution is 5.84. The SMILES string of the molecule is NC(CC(=O)O)C(=O)O.NC(Cc1c[nH]c2ccccc12)C(=O)O.NC(N)=NCCCC(N)C(=O)O. The number of H-pyrrole nitrogens is 1. The first-order valence-corrected chi connectivity index (χ1v) is 10.5. The second-order valence-corrected chi connectivity index (χ2v) is 7.44. The van der Waals surface area contributed by atoms with Gasteiger partial charge in [0.15, 0.2) is 5.96 Å². The summed E-state index contributed by atoms with van der Waals surface area (Å²) in [6, 6.07) is 4.80. The van der Waals surface area contributed by atoms with E-state index in [9.17, 15) is 19.2 Å². The van der Waals surface area contributed by atoms with Gasteiger partial charge in [-0.1, -0.05) is 18.2 Å². The molecule has 0 amide bonds. The molecule has 1 aromatic heterocycles. The molecular formula is C21H33N7O8. The normalized spacial score (nSPS) is 12.5. The van der Waals surface area contributed by atoms with Gasteiger partial charge in [-0.3, -0.25) is 24.2 Å². The van der Waals surface area contributed by atoms with Crippen molar-refractivity contribution in [1.82, 2.24) is 4.98 Å². The molecule has 0 aliphatic heterocycles. The van der Waals surface area contributed by atoms with Crippen LogP contribution in [0.3, 0.4) is 0 Å². The number of aromatic nitrogens is 1. The van der Waals surface area contributed by atoms with Crippen molar-refractivity contribution >= 4 is 40.7 Å². The number of benzene rings is 1. The summed E-state index contributed by atoms with van der Waals surface area (Å²) in [5, 5.41) is 34.2. The Morgan fingerprint density at radius 1 is 0.861 bits per heavy atom. The largest absolute Gasteiger partial charge is 0.481 e. The lowest BCUT2D eigenvalue weighted by Crippen LogP contribution is -2.32. The quantitative estimate of drug-likeness (QED) is 0.0928. The van der Waals surface area contributed by atoms with E-state index in [-0.39, 0.29) is 5.96 Å². The van der Waals surface area contributed by atoms with Crippen LogP contribution in [0, 0.1) is 0 Å². The predicted octanol–water partition coefficient (Wildman–Crippen LogP) is -1.55. The molecule has 0 saturated heterocycles. The summed E-state index contributed by atoms with van der Waals surface area (Å²) in [5.41, 5.74) is 27.6. The Balaban J connectivity index is 0.000000531. The zero-order chi connectivity index (χ0) is 27.8. The first-order valence-electron chi connectivity index (χ1n) is 10.5. The molecule has 0 spiro atoms. The number of carboxylic acids is 4. The maximum absolute atomic E-state index is 10.6. The fourth-order valence-corrected chi connectivity index (χ4v) is 2.54. The van der Waals surface area contributed by atoms with Crippen molar-refractivity contribution in [2.24, 2.45) is 33.7 Å². The maximum Gasteiger partial charge on any atom is 0.321 e. The lowest BCUT2D eigenvalue weighted by Gasteiger charge is -2.04. The standard InChI is InChI=1S/C11H12N2O2.C6H14N4O2.C4H7NO4/c12-9(11(14)15)5-7-6-13-10-4-2-1-3-8(7)10;7-4(5(11)12)2-1-3-10-6(8)9;5-2(4(8)9)1-3(6)7/h1-4,6,9,13H,5,12H2,(H,14,15);4H,1-3,7H2,(H,11,12)(H4,8,9,10);2H,1,5H2,(H,6,7)(H,8,9). The molecule has 0 aliphatic carbocycles. The number of para-hydroxylation sites is 1. The summed E-state index contributed by atoms with van der Waals surface area (Å²) in [7, 11) is 0. The Morgan fingerprint density at radius 3 is 1.89 bits per heavy atom. The summed E-state index contributed by atoms with van der Waals surface area (Å²) in [5.74, 6) is -4.46. The summed E-state index contributed by atoms with van der Waals surface area (Å²) in [6.07, 6.45) is 2.58. The zero-order valence-corrected chi connectivity index (χ0v) is 19.4. The molecule has 0 bridgehead atoms. The third-order valence-corrected chi connectivity index (χ3v) is 4.43. The van der Waals surface area contributed by atoms with Crippen molar-refractivity contribution in [2.45, 2.75) is 43.8 Å². The lowest BCUT2D eigenvalue weighted by atomic mass is 10.1. The number of carboxylic acid groups (broad SMARTS) is 4. The van der Waals surface area contributed by atoms with E-state index in [1.807, 2.05) is 30.5 Å². The Hall–Kier alpha value is -4.21. The van der Waals surface area contributed by atoms with Gasteiger partial charge in [0.2, 0.25) is 0 Å². The molecule has 1 heterocycles. The van der Waals surface area contributed by atoms with Gasteiger partial charge < -0.3 is 54.1 Å². The number of rotatable bonds is 11. The molecule has 15 heteroatoms. The van der Waals surface area contributed by atoms with Gasteiger partial charge in [-0.05, 0) is 24.5 Å². The van der Waals surface area contributed by atoms with E-state index >= 15 is 0 Å². The van der Waals surface area contributed by atoms with Crippen LogP contribution in [0.2, 0.25) is 0 Å². The summed E-state index contributed by atoms with van der Waals surface area (Å²) in [4.78, 5) is 47.2. The Labute approximate surface area is 205 Å². The van der Waals surface area contributed by atoms with E-state index < -0.39 is 48.4 Å². The number of nitrogens with two attached hydrogens (primary N) is 5. The summed E-state index contributed by atoms with van der Waals surface area (Å²) >= 11 is 0. The number of fused-ring (bicyclic) bond motifs is 1. The van der Waals surface area contributed by atoms with Crippen molar-refractivity contribution < 1.29 is 39.6 Å². The summed E-state index contributed by atoms with van der Waals surface area (Å²) < 4.78 is 0. The number of aromatic amines is 1. The topological polar surface area (TPSA) is 307 Å². The second-order valence-electron chi connectivity index (χ2n) is 7.44. The van der Waals surface area contributed by atoms with Gasteiger partial charge in [-0.15, -0.1) is 0 Å². The first-order chi connectivity index (χ1) is 16.8. The van der Waals surface area contributed by atoms with E-state index in [0.29, 0.717) is 25.8 Å². The summed E-state index contributed by atoms with van der Waals surface area (Å²) in [6.45, 7) is 0.420. The lowest BCUT2D eigenvalue weighted by molar-refractivity contribution is -0.144. The van der Waals surface area contributed by atoms with Crippen molar-refractivity contribution in [3.8, 4) is 0 Å². The molecule has 2 aromatic rings. The number of aliphatic carboxylic acids is 4. The molecule has 36 heavy (non-hydrogen) atoms. The second kappa shape index (κ2) is 16.4. The van der Waals surface area contributed by atoms with Gasteiger partial charge >= 0.3 is 23.9 Å². The Bertz CT molecular complexity index is 1040. The van der Waals surface area contributed by atoms with Crippen molar-refractivity contribution in [1.29, 1.82) is 0 Å². The van der Waals surface area contributed by atoms with Crippen molar-refractivity contribution in [2.75, 3.05) is 6.54 Å². The smallest absolute Gasteiger partial charge is 0.321 e. The monoisotopic (exact) mass is 511 g/mol. The number of nitrogens with zero attached hydrogens (tertiary/aromatic N) is 1. The Kier molecular flexibility index (Phi) is 14.5. The third-order valence-electron chi connectivity index (χ3n) is 4.43. The molecule has 0 fully saturated rings. The Morgan fingerprint density at radius 2 is 1.42 bits per heavy atom. The molecule has 0 radical (unpaired) electrons. The van der Waals surface area contributed by atoms with Gasteiger partial charge in [-0.2, -0.15) is 0 Å². The highest BCUT2D eigenvalue weighted by Gasteiger charge is 2.15. The van der Waals surface area contributed by atoms with Gasteiger partial charge in [0, 0.05) is 30.1 Å². The number of nitrogens with one attached hydrogen (secondary N) is 1. The highest BCUT2D eigenvalue weighted by atomic mass is 16.4. The van der Waals surface area contributed by atoms with Gasteiger partial charge in [0.1, 0.15) is 18.1 Å². The van der Waals surface area contributed by atoms with E-state index in [2.05, 4.69) is 9.98 Å². The molecule has 0 aliphatic rings. The minimum absolute atomic E-state index is 0.0129. The molecule has 2 rings (SSSR count). The number of hydrogen-bond acceptors (Lipinski definition) is 8. The number of guanidine groups is 1. The average molecular weight is 512 g/mol. The molecule has 15 N–H and O–H groups in total. The number of hydrogen-bond donors (Lipinski definition) is 10. The van der Waals surface area contributed by atoms with Crippen LogP contribution >= 0.6 is 0 Å². The minimum atomic E-state index is -1.29. The van der Waals surface area contributed by atoms with E-state index in [4.69, 9.17) is 49.1 Å². The van der Waals surface area contributed by atoms with Crippen LogP contribution in [0.1, 0.15) is 24.8 Å². The van der Waals surface area contributed by atoms with Crippen LogP contribution in [0.5, 0.6) is 0 Å². The fourth-order valence-electron chi connectivity index (χ4n) is 2.54. The van der Waals surface area contributed by atoms with Crippen molar-refractivity contribution in [3.05, 3.63) is 36.0 Å².